The molecule has 0 aliphatic heterocycles. The largest absolute Gasteiger partial charge is 0.472 e. The summed E-state index contributed by atoms with van der Waals surface area (Å²) in [6, 6.07) is 9.67. The molecule has 1 N–H and O–H groups in total. The first-order valence-corrected chi connectivity index (χ1v) is 11.6. The second-order valence-corrected chi connectivity index (χ2v) is 9.06. The number of nitrogens with zero attached hydrogens (tertiary/aromatic N) is 3. The van der Waals surface area contributed by atoms with Crippen molar-refractivity contribution in [2.45, 2.75) is 45.1 Å². The van der Waals surface area contributed by atoms with Crippen molar-refractivity contribution in [1.82, 2.24) is 20.0 Å². The van der Waals surface area contributed by atoms with E-state index in [1.165, 1.54) is 0 Å². The number of H-pyrrole nitrogens is 1. The summed E-state index contributed by atoms with van der Waals surface area (Å²) in [4.78, 5) is 29.6. The van der Waals surface area contributed by atoms with Crippen molar-refractivity contribution in [2.24, 2.45) is 0 Å². The van der Waals surface area contributed by atoms with E-state index in [-0.39, 0.29) is 11.5 Å². The van der Waals surface area contributed by atoms with E-state index in [1.54, 1.807) is 12.5 Å². The Hall–Kier alpha value is -3.19. The zero-order valence-electron chi connectivity index (χ0n) is 19.5. The van der Waals surface area contributed by atoms with Gasteiger partial charge in [0, 0.05) is 36.2 Å². The highest BCUT2D eigenvalue weighted by molar-refractivity contribution is 5.94. The highest BCUT2D eigenvalue weighted by Crippen LogP contribution is 2.22. The normalized spacial score (nSPS) is 13.2. The maximum atomic E-state index is 13.4. The number of amides is 1. The van der Waals surface area contributed by atoms with Gasteiger partial charge >= 0.3 is 0 Å². The molecule has 0 saturated carbocycles. The fourth-order valence-electron chi connectivity index (χ4n) is 4.50. The summed E-state index contributed by atoms with van der Waals surface area (Å²) in [5, 5.41) is 7.02. The molecule has 1 aromatic carbocycles. The zero-order valence-corrected chi connectivity index (χ0v) is 19.5. The maximum absolute atomic E-state index is 13.4. The first-order valence-electron chi connectivity index (χ1n) is 11.6. The van der Waals surface area contributed by atoms with Crippen LogP contribution in [0.5, 0.6) is 0 Å². The molecule has 0 saturated heterocycles. The van der Waals surface area contributed by atoms with Gasteiger partial charge in [0.15, 0.2) is 0 Å². The highest BCUT2D eigenvalue weighted by Gasteiger charge is 2.20. The Balaban J connectivity index is 1.54. The number of aromatic nitrogens is 2. The number of hydrogen-bond donors (Lipinski definition) is 1. The van der Waals surface area contributed by atoms with Crippen LogP contribution in [0.4, 0.5) is 0 Å². The zero-order chi connectivity index (χ0) is 23.2. The van der Waals surface area contributed by atoms with Crippen molar-refractivity contribution in [3.63, 3.8) is 0 Å². The summed E-state index contributed by atoms with van der Waals surface area (Å²) in [5.74, 6) is 0.00765. The lowest BCUT2D eigenvalue weighted by Crippen LogP contribution is -2.33. The third-order valence-electron chi connectivity index (χ3n) is 6.20. The fraction of sp³-hybridized carbons (Fsp3) is 0.423. The van der Waals surface area contributed by atoms with Crippen LogP contribution < -0.4 is 5.56 Å². The van der Waals surface area contributed by atoms with Crippen LogP contribution in [0.15, 0.2) is 52.1 Å². The van der Waals surface area contributed by atoms with E-state index in [9.17, 15) is 9.59 Å². The van der Waals surface area contributed by atoms with Gasteiger partial charge in [-0.05, 0) is 82.1 Å². The molecule has 3 aromatic rings. The quantitative estimate of drug-likeness (QED) is 0.542. The summed E-state index contributed by atoms with van der Waals surface area (Å²) in [6.07, 6.45) is 8.65. The molecule has 0 spiro atoms. The minimum absolute atomic E-state index is 0.00765. The van der Waals surface area contributed by atoms with Crippen LogP contribution in [0.25, 0.3) is 0 Å². The van der Waals surface area contributed by atoms with E-state index in [0.29, 0.717) is 25.1 Å². The number of fused-ring (bicyclic) bond motifs is 1. The van der Waals surface area contributed by atoms with Gasteiger partial charge in [-0.2, -0.15) is 5.10 Å². The van der Waals surface area contributed by atoms with E-state index in [4.69, 9.17) is 4.42 Å². The summed E-state index contributed by atoms with van der Waals surface area (Å²) in [7, 11) is 4.07. The number of carbonyl (C=O) groups is 1. The van der Waals surface area contributed by atoms with E-state index in [2.05, 4.69) is 15.1 Å². The predicted octanol–water partition coefficient (Wildman–Crippen LogP) is 3.43. The van der Waals surface area contributed by atoms with Gasteiger partial charge in [0.25, 0.3) is 11.5 Å². The van der Waals surface area contributed by atoms with Crippen molar-refractivity contribution in [2.75, 3.05) is 27.2 Å². The Morgan fingerprint density at radius 3 is 2.67 bits per heavy atom. The van der Waals surface area contributed by atoms with Gasteiger partial charge in [-0.15, -0.1) is 0 Å². The first-order chi connectivity index (χ1) is 16.0. The number of nitrogens with one attached hydrogen (secondary N) is 1. The van der Waals surface area contributed by atoms with Gasteiger partial charge in [-0.25, -0.2) is 5.10 Å². The monoisotopic (exact) mass is 448 g/mol. The lowest BCUT2D eigenvalue weighted by molar-refractivity contribution is 0.0737. The Labute approximate surface area is 194 Å². The molecule has 2 aromatic heterocycles. The lowest BCUT2D eigenvalue weighted by atomic mass is 9.90. The molecule has 1 aliphatic rings. The van der Waals surface area contributed by atoms with Gasteiger partial charge in [0.2, 0.25) is 0 Å². The van der Waals surface area contributed by atoms with Crippen molar-refractivity contribution < 1.29 is 9.21 Å². The molecule has 7 heteroatoms. The van der Waals surface area contributed by atoms with Crippen LogP contribution in [0.1, 0.15) is 57.6 Å². The maximum Gasteiger partial charge on any atom is 0.267 e. The van der Waals surface area contributed by atoms with Crippen LogP contribution in [0.2, 0.25) is 0 Å². The second-order valence-electron chi connectivity index (χ2n) is 9.06. The van der Waals surface area contributed by atoms with Crippen molar-refractivity contribution in [3.8, 4) is 0 Å². The third kappa shape index (κ3) is 5.79. The van der Waals surface area contributed by atoms with Crippen LogP contribution in [0.3, 0.4) is 0 Å². The van der Waals surface area contributed by atoms with E-state index in [1.807, 2.05) is 49.3 Å². The molecule has 1 amide bonds. The van der Waals surface area contributed by atoms with Crippen LogP contribution in [0, 0.1) is 0 Å². The first kappa shape index (κ1) is 23.0. The lowest BCUT2D eigenvalue weighted by Gasteiger charge is -2.23. The molecular formula is C26H32N4O3. The molecule has 0 bridgehead atoms. The molecule has 174 valence electrons. The van der Waals surface area contributed by atoms with Gasteiger partial charge in [0.05, 0.1) is 18.2 Å². The van der Waals surface area contributed by atoms with Gasteiger partial charge < -0.3 is 14.2 Å². The van der Waals surface area contributed by atoms with E-state index < -0.39 is 0 Å². The molecule has 1 aliphatic carbocycles. The molecule has 7 nitrogen and oxygen atoms in total. The Kier molecular flexibility index (Phi) is 7.40. The van der Waals surface area contributed by atoms with Crippen LogP contribution >= 0.6 is 0 Å². The molecule has 0 fully saturated rings. The standard InChI is InChI=1S/C26H32N4O3/c1-29(2)12-6-13-30(17-20-11-14-33-18-20)26(32)21-8-5-7-19(15-21)16-24-22-9-3-4-10-23(22)25(31)28-27-24/h5,7-8,11,14-15,18H,3-4,6,9-10,12-13,16-17H2,1-2H3,(H,28,31). The Morgan fingerprint density at radius 2 is 1.91 bits per heavy atom. The number of furan rings is 1. The second kappa shape index (κ2) is 10.6. The van der Waals surface area contributed by atoms with Crippen LogP contribution in [-0.4, -0.2) is 53.1 Å². The number of benzene rings is 1. The van der Waals surface area contributed by atoms with Crippen LogP contribution in [-0.2, 0) is 25.8 Å². The minimum atomic E-state index is -0.0648. The van der Waals surface area contributed by atoms with Crippen molar-refractivity contribution in [3.05, 3.63) is 86.7 Å². The highest BCUT2D eigenvalue weighted by atomic mass is 16.3. The smallest absolute Gasteiger partial charge is 0.267 e. The Morgan fingerprint density at radius 1 is 1.09 bits per heavy atom. The minimum Gasteiger partial charge on any atom is -0.472 e. The molecule has 0 atom stereocenters. The van der Waals surface area contributed by atoms with E-state index >= 15 is 0 Å². The van der Waals surface area contributed by atoms with Gasteiger partial charge in [-0.3, -0.25) is 9.59 Å². The Bertz CT molecular complexity index is 1130. The molecule has 2 heterocycles. The van der Waals surface area contributed by atoms with Gasteiger partial charge in [-0.1, -0.05) is 12.1 Å². The molecule has 0 unspecified atom stereocenters. The summed E-state index contributed by atoms with van der Waals surface area (Å²) < 4.78 is 5.20. The third-order valence-corrected chi connectivity index (χ3v) is 6.20. The number of carbonyl (C=O) groups excluding carboxylic acids is 1. The molecule has 4 rings (SSSR count). The molecule has 0 radical (unpaired) electrons. The summed E-state index contributed by atoms with van der Waals surface area (Å²) >= 11 is 0. The summed E-state index contributed by atoms with van der Waals surface area (Å²) in [5.41, 5.74) is 5.48. The fourth-order valence-corrected chi connectivity index (χ4v) is 4.50. The van der Waals surface area contributed by atoms with Crippen molar-refractivity contribution in [1.29, 1.82) is 0 Å². The molecular weight excluding hydrogens is 416 g/mol. The molecule has 33 heavy (non-hydrogen) atoms. The predicted molar refractivity (Wildman–Crippen MR) is 127 cm³/mol. The summed E-state index contributed by atoms with van der Waals surface area (Å²) in [6.45, 7) is 2.10. The SMILES string of the molecule is CN(C)CCCN(Cc1ccoc1)C(=O)c1cccc(Cc2n[nH]c(=O)c3c2CCCC3)c1. The average Bonchev–Trinajstić information content (AvgIpc) is 3.33. The average molecular weight is 449 g/mol. The van der Waals surface area contributed by atoms with E-state index in [0.717, 1.165) is 66.6 Å². The topological polar surface area (TPSA) is 82.4 Å². The van der Waals surface area contributed by atoms with Crippen molar-refractivity contribution >= 4 is 5.91 Å². The number of aromatic amines is 1. The van der Waals surface area contributed by atoms with Gasteiger partial charge in [0.1, 0.15) is 0 Å². The number of rotatable bonds is 9. The number of hydrogen-bond acceptors (Lipinski definition) is 5.